The molecule has 3 nitrogen and oxygen atoms in total. The summed E-state index contributed by atoms with van der Waals surface area (Å²) in [7, 11) is 0. The van der Waals surface area contributed by atoms with Crippen LogP contribution in [0.2, 0.25) is 0 Å². The van der Waals surface area contributed by atoms with E-state index >= 15 is 0 Å². The molecule has 0 aromatic heterocycles. The van der Waals surface area contributed by atoms with Crippen LogP contribution in [-0.2, 0) is 4.79 Å². The van der Waals surface area contributed by atoms with Gasteiger partial charge in [-0.3, -0.25) is 0 Å². The van der Waals surface area contributed by atoms with E-state index in [4.69, 9.17) is 9.84 Å². The molecule has 1 atom stereocenters. The standard InChI is InChI=1S/C9H9FO3/c1-6(9(11)12)13-8-4-2-3-7(10)5-8/h2-6H,1H3,(H,11,12). The van der Waals surface area contributed by atoms with Crippen LogP contribution in [0.25, 0.3) is 0 Å². The molecule has 1 rings (SSSR count). The van der Waals surface area contributed by atoms with Crippen LogP contribution in [0, 0.1) is 5.82 Å². The zero-order valence-electron chi connectivity index (χ0n) is 7.03. The molecule has 0 amide bonds. The lowest BCUT2D eigenvalue weighted by Gasteiger charge is -2.09. The highest BCUT2D eigenvalue weighted by Gasteiger charge is 2.12. The molecule has 0 aliphatic heterocycles. The van der Waals surface area contributed by atoms with Crippen molar-refractivity contribution in [3.8, 4) is 5.75 Å². The van der Waals surface area contributed by atoms with Gasteiger partial charge in [0, 0.05) is 6.07 Å². The van der Waals surface area contributed by atoms with Crippen LogP contribution in [0.3, 0.4) is 0 Å². The highest BCUT2D eigenvalue weighted by atomic mass is 19.1. The number of carboxylic acid groups (broad SMARTS) is 1. The van der Waals surface area contributed by atoms with E-state index in [1.54, 1.807) is 0 Å². The van der Waals surface area contributed by atoms with Gasteiger partial charge in [-0.05, 0) is 19.1 Å². The summed E-state index contributed by atoms with van der Waals surface area (Å²) < 4.78 is 17.5. The average Bonchev–Trinajstić information content (AvgIpc) is 2.04. The van der Waals surface area contributed by atoms with Gasteiger partial charge in [-0.25, -0.2) is 9.18 Å². The average molecular weight is 184 g/mol. The van der Waals surface area contributed by atoms with Crippen LogP contribution < -0.4 is 4.74 Å². The third-order valence-electron chi connectivity index (χ3n) is 1.46. The van der Waals surface area contributed by atoms with Gasteiger partial charge in [-0.2, -0.15) is 0 Å². The number of aliphatic carboxylic acids is 1. The lowest BCUT2D eigenvalue weighted by Crippen LogP contribution is -2.22. The van der Waals surface area contributed by atoms with E-state index in [0.29, 0.717) is 0 Å². The molecule has 0 fully saturated rings. The van der Waals surface area contributed by atoms with Gasteiger partial charge in [0.25, 0.3) is 0 Å². The summed E-state index contributed by atoms with van der Waals surface area (Å²) in [5.41, 5.74) is 0. The molecule has 1 unspecified atom stereocenters. The topological polar surface area (TPSA) is 46.5 Å². The second-order valence-corrected chi connectivity index (χ2v) is 2.56. The minimum Gasteiger partial charge on any atom is -0.479 e. The van der Waals surface area contributed by atoms with Gasteiger partial charge >= 0.3 is 5.97 Å². The van der Waals surface area contributed by atoms with Gasteiger partial charge in [0.1, 0.15) is 11.6 Å². The fourth-order valence-electron chi connectivity index (χ4n) is 0.795. The zero-order chi connectivity index (χ0) is 9.84. The first-order valence-electron chi connectivity index (χ1n) is 3.74. The number of ether oxygens (including phenoxy) is 1. The largest absolute Gasteiger partial charge is 0.479 e. The van der Waals surface area contributed by atoms with Crippen molar-refractivity contribution in [2.45, 2.75) is 13.0 Å². The van der Waals surface area contributed by atoms with E-state index in [2.05, 4.69) is 0 Å². The number of rotatable bonds is 3. The first-order valence-corrected chi connectivity index (χ1v) is 3.74. The summed E-state index contributed by atoms with van der Waals surface area (Å²) >= 11 is 0. The van der Waals surface area contributed by atoms with Crippen molar-refractivity contribution in [2.75, 3.05) is 0 Å². The van der Waals surface area contributed by atoms with Crippen molar-refractivity contribution < 1.29 is 19.0 Å². The number of carboxylic acids is 1. The van der Waals surface area contributed by atoms with Crippen LogP contribution >= 0.6 is 0 Å². The molecule has 1 N–H and O–H groups in total. The molecular weight excluding hydrogens is 175 g/mol. The molecule has 0 saturated carbocycles. The number of carbonyl (C=O) groups is 1. The van der Waals surface area contributed by atoms with Crippen LogP contribution in [-0.4, -0.2) is 17.2 Å². The molecule has 0 aliphatic rings. The summed E-state index contributed by atoms with van der Waals surface area (Å²) in [5, 5.41) is 8.49. The summed E-state index contributed by atoms with van der Waals surface area (Å²) in [6.07, 6.45) is -0.971. The van der Waals surface area contributed by atoms with Crippen molar-refractivity contribution in [1.82, 2.24) is 0 Å². The van der Waals surface area contributed by atoms with E-state index in [1.807, 2.05) is 0 Å². The first-order chi connectivity index (χ1) is 6.09. The Hall–Kier alpha value is -1.58. The summed E-state index contributed by atoms with van der Waals surface area (Å²) in [6.45, 7) is 1.38. The Kier molecular flexibility index (Phi) is 2.84. The SMILES string of the molecule is CC(Oc1cccc(F)c1)C(=O)O. The van der Waals surface area contributed by atoms with E-state index in [-0.39, 0.29) is 5.75 Å². The second-order valence-electron chi connectivity index (χ2n) is 2.56. The predicted molar refractivity (Wildman–Crippen MR) is 44.1 cm³/mol. The van der Waals surface area contributed by atoms with E-state index in [0.717, 1.165) is 6.07 Å². The molecule has 0 heterocycles. The number of hydrogen-bond donors (Lipinski definition) is 1. The third-order valence-corrected chi connectivity index (χ3v) is 1.46. The van der Waals surface area contributed by atoms with E-state index in [1.165, 1.54) is 25.1 Å². The van der Waals surface area contributed by atoms with Gasteiger partial charge in [0.05, 0.1) is 0 Å². The van der Waals surface area contributed by atoms with Crippen molar-refractivity contribution in [3.63, 3.8) is 0 Å². The molecule has 4 heteroatoms. The quantitative estimate of drug-likeness (QED) is 0.777. The summed E-state index contributed by atoms with van der Waals surface area (Å²) in [4.78, 5) is 10.4. The fourth-order valence-corrected chi connectivity index (χ4v) is 0.795. The first kappa shape index (κ1) is 9.51. The summed E-state index contributed by atoms with van der Waals surface area (Å²) in [6, 6.07) is 5.36. The molecule has 13 heavy (non-hydrogen) atoms. The highest BCUT2D eigenvalue weighted by Crippen LogP contribution is 2.13. The number of hydrogen-bond acceptors (Lipinski definition) is 2. The minimum absolute atomic E-state index is 0.218. The Bertz CT molecular complexity index is 311. The molecule has 0 radical (unpaired) electrons. The zero-order valence-corrected chi connectivity index (χ0v) is 7.03. The highest BCUT2D eigenvalue weighted by molar-refractivity contribution is 5.72. The van der Waals surface area contributed by atoms with Crippen LogP contribution in [0.1, 0.15) is 6.92 Å². The second kappa shape index (κ2) is 3.89. The van der Waals surface area contributed by atoms with E-state index in [9.17, 15) is 9.18 Å². The van der Waals surface area contributed by atoms with Gasteiger partial charge in [-0.1, -0.05) is 6.07 Å². The van der Waals surface area contributed by atoms with E-state index < -0.39 is 17.9 Å². The maximum absolute atomic E-state index is 12.6. The molecule has 1 aromatic carbocycles. The Balaban J connectivity index is 2.69. The van der Waals surface area contributed by atoms with Crippen molar-refractivity contribution in [1.29, 1.82) is 0 Å². The Labute approximate surface area is 74.8 Å². The van der Waals surface area contributed by atoms with Gasteiger partial charge in [0.2, 0.25) is 0 Å². The molecular formula is C9H9FO3. The lowest BCUT2D eigenvalue weighted by molar-refractivity contribution is -0.144. The Morgan fingerprint density at radius 3 is 2.85 bits per heavy atom. The Morgan fingerprint density at radius 2 is 2.31 bits per heavy atom. The van der Waals surface area contributed by atoms with Crippen LogP contribution in [0.5, 0.6) is 5.75 Å². The number of benzene rings is 1. The molecule has 1 aromatic rings. The van der Waals surface area contributed by atoms with Crippen LogP contribution in [0.15, 0.2) is 24.3 Å². The van der Waals surface area contributed by atoms with Gasteiger partial charge in [-0.15, -0.1) is 0 Å². The van der Waals surface area contributed by atoms with Gasteiger partial charge in [0.15, 0.2) is 6.10 Å². The van der Waals surface area contributed by atoms with Crippen molar-refractivity contribution >= 4 is 5.97 Å². The molecule has 0 saturated heterocycles. The molecule has 0 bridgehead atoms. The van der Waals surface area contributed by atoms with Crippen molar-refractivity contribution in [3.05, 3.63) is 30.1 Å². The number of halogens is 1. The molecule has 70 valence electrons. The minimum atomic E-state index is -1.08. The normalized spacial score (nSPS) is 12.2. The van der Waals surface area contributed by atoms with Crippen LogP contribution in [0.4, 0.5) is 4.39 Å². The predicted octanol–water partition coefficient (Wildman–Crippen LogP) is 1.68. The van der Waals surface area contributed by atoms with Gasteiger partial charge < -0.3 is 9.84 Å². The summed E-state index contributed by atoms with van der Waals surface area (Å²) in [5.74, 6) is -1.31. The maximum Gasteiger partial charge on any atom is 0.344 e. The molecule has 0 spiro atoms. The lowest BCUT2D eigenvalue weighted by atomic mass is 10.3. The maximum atomic E-state index is 12.6. The van der Waals surface area contributed by atoms with Crippen molar-refractivity contribution in [2.24, 2.45) is 0 Å². The Morgan fingerprint density at radius 1 is 1.62 bits per heavy atom. The fraction of sp³-hybridized carbons (Fsp3) is 0.222. The monoisotopic (exact) mass is 184 g/mol. The smallest absolute Gasteiger partial charge is 0.344 e. The molecule has 0 aliphatic carbocycles. The third kappa shape index (κ3) is 2.74.